The maximum Gasteiger partial charge on any atom is 0.186 e. The molecule has 0 aromatic carbocycles. The highest BCUT2D eigenvalue weighted by atomic mass is 32.1. The highest BCUT2D eigenvalue weighted by Gasteiger charge is 2.17. The number of methoxy groups -OCH3 is 2. The zero-order chi connectivity index (χ0) is 12.7. The molecule has 96 valence electrons. The molecule has 1 heterocycles. The molecule has 0 saturated heterocycles. The van der Waals surface area contributed by atoms with Crippen LogP contribution in [-0.4, -0.2) is 51.3 Å². The molecule has 0 N–H and O–H groups in total. The van der Waals surface area contributed by atoms with Crippen molar-refractivity contribution in [1.29, 1.82) is 0 Å². The van der Waals surface area contributed by atoms with Gasteiger partial charge in [-0.3, -0.25) is 4.79 Å². The number of carbonyl (C=O) groups excluding carboxylic acids is 1. The number of hydrogen-bond donors (Lipinski definition) is 0. The summed E-state index contributed by atoms with van der Waals surface area (Å²) in [4.78, 5) is 17.6. The molecule has 0 radical (unpaired) electrons. The molecule has 0 fully saturated rings. The average molecular weight is 258 g/mol. The van der Waals surface area contributed by atoms with E-state index in [0.717, 1.165) is 18.0 Å². The van der Waals surface area contributed by atoms with Gasteiger partial charge in [-0.15, -0.1) is 0 Å². The lowest BCUT2D eigenvalue weighted by atomic mass is 10.3. The van der Waals surface area contributed by atoms with Gasteiger partial charge in [0.15, 0.2) is 11.4 Å². The second-order valence-electron chi connectivity index (χ2n) is 3.65. The second-order valence-corrected chi connectivity index (χ2v) is 4.69. The molecule has 0 saturated carbocycles. The number of carbonyl (C=O) groups is 1. The van der Waals surface area contributed by atoms with E-state index in [0.29, 0.717) is 18.1 Å². The SMILES string of the molecule is COCCN(c1ncc(C=O)s1)C(C)COC. The molecule has 17 heavy (non-hydrogen) atoms. The molecule has 0 aliphatic carbocycles. The van der Waals surface area contributed by atoms with Crippen molar-refractivity contribution in [3.63, 3.8) is 0 Å². The third kappa shape index (κ3) is 4.07. The van der Waals surface area contributed by atoms with E-state index >= 15 is 0 Å². The number of nitrogens with zero attached hydrogens (tertiary/aromatic N) is 2. The molecular weight excluding hydrogens is 240 g/mol. The van der Waals surface area contributed by atoms with Crippen molar-refractivity contribution < 1.29 is 14.3 Å². The molecule has 1 aromatic rings. The smallest absolute Gasteiger partial charge is 0.186 e. The summed E-state index contributed by atoms with van der Waals surface area (Å²) in [6.45, 7) is 4.01. The van der Waals surface area contributed by atoms with Crippen molar-refractivity contribution in [3.8, 4) is 0 Å². The molecule has 0 amide bonds. The van der Waals surface area contributed by atoms with Crippen LogP contribution < -0.4 is 4.90 Å². The fourth-order valence-electron chi connectivity index (χ4n) is 1.49. The minimum absolute atomic E-state index is 0.195. The van der Waals surface area contributed by atoms with Crippen LogP contribution in [0.2, 0.25) is 0 Å². The van der Waals surface area contributed by atoms with Crippen LogP contribution in [0.3, 0.4) is 0 Å². The van der Waals surface area contributed by atoms with Gasteiger partial charge in [0.05, 0.1) is 30.3 Å². The molecule has 1 aromatic heterocycles. The van der Waals surface area contributed by atoms with Crippen LogP contribution in [0.15, 0.2) is 6.20 Å². The van der Waals surface area contributed by atoms with Gasteiger partial charge in [0.1, 0.15) is 0 Å². The van der Waals surface area contributed by atoms with E-state index in [2.05, 4.69) is 16.8 Å². The van der Waals surface area contributed by atoms with Crippen molar-refractivity contribution in [2.45, 2.75) is 13.0 Å². The van der Waals surface area contributed by atoms with Crippen molar-refractivity contribution in [2.75, 3.05) is 38.9 Å². The van der Waals surface area contributed by atoms with Crippen molar-refractivity contribution in [3.05, 3.63) is 11.1 Å². The Morgan fingerprint density at radius 2 is 2.29 bits per heavy atom. The minimum Gasteiger partial charge on any atom is -0.383 e. The number of aromatic nitrogens is 1. The monoisotopic (exact) mass is 258 g/mol. The van der Waals surface area contributed by atoms with Crippen LogP contribution in [0.1, 0.15) is 16.6 Å². The van der Waals surface area contributed by atoms with Gasteiger partial charge in [-0.1, -0.05) is 11.3 Å². The largest absolute Gasteiger partial charge is 0.383 e. The fraction of sp³-hybridized carbons (Fsp3) is 0.636. The Morgan fingerprint density at radius 1 is 1.53 bits per heavy atom. The summed E-state index contributed by atoms with van der Waals surface area (Å²) in [6, 6.07) is 0.195. The van der Waals surface area contributed by atoms with E-state index in [9.17, 15) is 4.79 Å². The first-order chi connectivity index (χ1) is 8.22. The lowest BCUT2D eigenvalue weighted by Crippen LogP contribution is -2.38. The highest BCUT2D eigenvalue weighted by molar-refractivity contribution is 7.17. The molecule has 0 aliphatic heterocycles. The maximum absolute atomic E-state index is 10.7. The molecule has 1 rings (SSSR count). The molecule has 0 spiro atoms. The zero-order valence-corrected chi connectivity index (χ0v) is 11.2. The maximum atomic E-state index is 10.7. The number of hydrogen-bond acceptors (Lipinski definition) is 6. The van der Waals surface area contributed by atoms with E-state index in [-0.39, 0.29) is 6.04 Å². The number of rotatable bonds is 8. The molecule has 0 aliphatic rings. The number of thiazole rings is 1. The number of ether oxygens (including phenoxy) is 2. The predicted octanol–water partition coefficient (Wildman–Crippen LogP) is 1.44. The predicted molar refractivity (Wildman–Crippen MR) is 68.1 cm³/mol. The fourth-order valence-corrected chi connectivity index (χ4v) is 2.35. The second kappa shape index (κ2) is 7.37. The Morgan fingerprint density at radius 3 is 2.82 bits per heavy atom. The summed E-state index contributed by atoms with van der Waals surface area (Å²) in [6.07, 6.45) is 2.41. The molecule has 6 heteroatoms. The van der Waals surface area contributed by atoms with E-state index < -0.39 is 0 Å². The standard InChI is InChI=1S/C11H18N2O3S/c1-9(8-16-3)13(4-5-15-2)11-12-6-10(7-14)17-11/h6-7,9H,4-5,8H2,1-3H3. The van der Waals surface area contributed by atoms with Gasteiger partial charge in [0.2, 0.25) is 0 Å². The Kier molecular flexibility index (Phi) is 6.10. The summed E-state index contributed by atoms with van der Waals surface area (Å²) in [5.41, 5.74) is 0. The Labute approximate surface area is 105 Å². The molecule has 5 nitrogen and oxygen atoms in total. The van der Waals surface area contributed by atoms with E-state index in [1.54, 1.807) is 20.4 Å². The van der Waals surface area contributed by atoms with Gasteiger partial charge in [-0.25, -0.2) is 4.98 Å². The van der Waals surface area contributed by atoms with Gasteiger partial charge >= 0.3 is 0 Å². The van der Waals surface area contributed by atoms with Gasteiger partial charge in [0.25, 0.3) is 0 Å². The zero-order valence-electron chi connectivity index (χ0n) is 10.4. The molecule has 1 atom stereocenters. The quantitative estimate of drug-likeness (QED) is 0.660. The topological polar surface area (TPSA) is 51.7 Å². The first-order valence-corrected chi connectivity index (χ1v) is 6.20. The van der Waals surface area contributed by atoms with Crippen LogP contribution in [0, 0.1) is 0 Å². The molecule has 1 unspecified atom stereocenters. The van der Waals surface area contributed by atoms with Gasteiger partial charge in [0, 0.05) is 20.8 Å². The lowest BCUT2D eigenvalue weighted by molar-refractivity contribution is 0.112. The summed E-state index contributed by atoms with van der Waals surface area (Å²) in [5.74, 6) is 0. The van der Waals surface area contributed by atoms with Crippen LogP contribution in [0.25, 0.3) is 0 Å². The van der Waals surface area contributed by atoms with Crippen molar-refractivity contribution in [1.82, 2.24) is 4.98 Å². The minimum atomic E-state index is 0.195. The number of anilines is 1. The summed E-state index contributed by atoms with van der Waals surface area (Å²) >= 11 is 1.38. The Bertz CT molecular complexity index is 343. The third-order valence-corrected chi connectivity index (χ3v) is 3.31. The summed E-state index contributed by atoms with van der Waals surface area (Å²) in [7, 11) is 3.33. The van der Waals surface area contributed by atoms with Gasteiger partial charge in [-0.05, 0) is 6.92 Å². The lowest BCUT2D eigenvalue weighted by Gasteiger charge is -2.27. The average Bonchev–Trinajstić information content (AvgIpc) is 2.78. The van der Waals surface area contributed by atoms with E-state index in [1.807, 2.05) is 0 Å². The third-order valence-electron chi connectivity index (χ3n) is 2.35. The van der Waals surface area contributed by atoms with E-state index in [1.165, 1.54) is 11.3 Å². The molecule has 0 bridgehead atoms. The normalized spacial score (nSPS) is 12.4. The first-order valence-electron chi connectivity index (χ1n) is 5.38. The van der Waals surface area contributed by atoms with Crippen LogP contribution in [0.5, 0.6) is 0 Å². The van der Waals surface area contributed by atoms with E-state index in [4.69, 9.17) is 9.47 Å². The van der Waals surface area contributed by atoms with Crippen molar-refractivity contribution >= 4 is 22.8 Å². The van der Waals surface area contributed by atoms with Crippen molar-refractivity contribution in [2.24, 2.45) is 0 Å². The Hall–Kier alpha value is -0.980. The summed E-state index contributed by atoms with van der Waals surface area (Å²) in [5, 5.41) is 0.828. The van der Waals surface area contributed by atoms with Crippen LogP contribution in [0.4, 0.5) is 5.13 Å². The van der Waals surface area contributed by atoms with Crippen LogP contribution >= 0.6 is 11.3 Å². The van der Waals surface area contributed by atoms with Crippen LogP contribution in [-0.2, 0) is 9.47 Å². The Balaban J connectivity index is 2.76. The number of aldehydes is 1. The highest BCUT2D eigenvalue weighted by Crippen LogP contribution is 2.23. The first kappa shape index (κ1) is 14.1. The molecular formula is C11H18N2O3S. The van der Waals surface area contributed by atoms with Gasteiger partial charge < -0.3 is 14.4 Å². The summed E-state index contributed by atoms with van der Waals surface area (Å²) < 4.78 is 10.2. The van der Waals surface area contributed by atoms with Gasteiger partial charge in [-0.2, -0.15) is 0 Å².